The molecule has 3 nitrogen and oxygen atoms in total. The maximum Gasteiger partial charge on any atom is 0.389 e. The van der Waals surface area contributed by atoms with Crippen LogP contribution in [0.3, 0.4) is 0 Å². The van der Waals surface area contributed by atoms with Gasteiger partial charge in [0, 0.05) is 6.42 Å². The fourth-order valence-electron chi connectivity index (χ4n) is 5.36. The molecule has 0 aromatic heterocycles. The van der Waals surface area contributed by atoms with E-state index in [1.165, 1.54) is 0 Å². The van der Waals surface area contributed by atoms with Crippen molar-refractivity contribution >= 4 is 5.97 Å². The normalized spacial score (nSPS) is 30.9. The monoisotopic (exact) mass is 384 g/mol. The van der Waals surface area contributed by atoms with Crippen molar-refractivity contribution in [3.63, 3.8) is 0 Å². The summed E-state index contributed by atoms with van der Waals surface area (Å²) >= 11 is 0. The Kier molecular flexibility index (Phi) is 5.32. The van der Waals surface area contributed by atoms with Crippen LogP contribution in [0.15, 0.2) is 18.2 Å². The largest absolute Gasteiger partial charge is 0.478 e. The third kappa shape index (κ3) is 4.00. The van der Waals surface area contributed by atoms with Gasteiger partial charge >= 0.3 is 12.1 Å². The number of hydrogen-bond donors (Lipinski definition) is 2. The van der Waals surface area contributed by atoms with Crippen molar-refractivity contribution in [2.24, 2.45) is 5.92 Å². The molecule has 0 heterocycles. The minimum Gasteiger partial charge on any atom is -0.478 e. The van der Waals surface area contributed by atoms with Crippen LogP contribution < -0.4 is 0 Å². The molecule has 0 unspecified atom stereocenters. The Labute approximate surface area is 157 Å². The minimum atomic E-state index is -4.25. The number of hydrogen-bond acceptors (Lipinski definition) is 2. The molecule has 1 aromatic carbocycles. The summed E-state index contributed by atoms with van der Waals surface area (Å²) in [5, 5.41) is 20.1. The van der Waals surface area contributed by atoms with Gasteiger partial charge in [-0.15, -0.1) is 0 Å². The summed E-state index contributed by atoms with van der Waals surface area (Å²) in [7, 11) is 0. The second-order valence-corrected chi connectivity index (χ2v) is 8.32. The molecule has 150 valence electrons. The number of carbonyl (C=O) groups is 1. The fraction of sp³-hybridized carbons (Fsp3) is 0.667. The Morgan fingerprint density at radius 1 is 1.30 bits per heavy atom. The zero-order chi connectivity index (χ0) is 19.9. The molecule has 0 radical (unpaired) electrons. The summed E-state index contributed by atoms with van der Waals surface area (Å²) < 4.78 is 38.0. The molecule has 3 rings (SSSR count). The first-order chi connectivity index (χ1) is 12.6. The number of carboxylic acids is 1. The number of aliphatic hydroxyl groups is 1. The van der Waals surface area contributed by atoms with Crippen LogP contribution in [0.2, 0.25) is 0 Å². The third-order valence-corrected chi connectivity index (χ3v) is 6.84. The lowest BCUT2D eigenvalue weighted by Crippen LogP contribution is -2.48. The van der Waals surface area contributed by atoms with Gasteiger partial charge in [0.05, 0.1) is 11.2 Å². The number of fused-ring (bicyclic) bond motifs is 3. The quantitative estimate of drug-likeness (QED) is 0.746. The molecule has 2 aliphatic rings. The molecule has 0 bridgehead atoms. The maximum atomic E-state index is 12.7. The SMILES string of the molecule is CC[C@@]12CC[C@](O)(CCC(F)(F)F)C[C@@H]1CCCc1cc(C(=O)O)ccc12. The highest BCUT2D eigenvalue weighted by Crippen LogP contribution is 2.54. The predicted octanol–water partition coefficient (Wildman–Crippen LogP) is 5.24. The van der Waals surface area contributed by atoms with Crippen molar-refractivity contribution < 1.29 is 28.2 Å². The van der Waals surface area contributed by atoms with Crippen LogP contribution in [0.1, 0.15) is 79.8 Å². The van der Waals surface area contributed by atoms with Gasteiger partial charge in [-0.1, -0.05) is 13.0 Å². The number of carboxylic acid groups (broad SMARTS) is 1. The molecule has 0 aliphatic heterocycles. The molecule has 1 saturated carbocycles. The van der Waals surface area contributed by atoms with E-state index in [4.69, 9.17) is 0 Å². The summed E-state index contributed by atoms with van der Waals surface area (Å²) in [5.41, 5.74) is 1.00. The van der Waals surface area contributed by atoms with E-state index in [0.29, 0.717) is 19.3 Å². The molecule has 27 heavy (non-hydrogen) atoms. The number of aromatic carboxylic acids is 1. The van der Waals surface area contributed by atoms with Gasteiger partial charge in [0.15, 0.2) is 0 Å². The maximum absolute atomic E-state index is 12.7. The smallest absolute Gasteiger partial charge is 0.389 e. The van der Waals surface area contributed by atoms with Gasteiger partial charge in [-0.25, -0.2) is 4.79 Å². The molecule has 0 spiro atoms. The van der Waals surface area contributed by atoms with E-state index in [9.17, 15) is 28.2 Å². The second kappa shape index (κ2) is 7.12. The van der Waals surface area contributed by atoms with E-state index in [1.807, 2.05) is 6.07 Å². The highest BCUT2D eigenvalue weighted by molar-refractivity contribution is 5.88. The van der Waals surface area contributed by atoms with Crippen LogP contribution in [-0.2, 0) is 11.8 Å². The number of alkyl halides is 3. The van der Waals surface area contributed by atoms with Crippen molar-refractivity contribution in [1.82, 2.24) is 0 Å². The highest BCUT2D eigenvalue weighted by Gasteiger charge is 2.50. The van der Waals surface area contributed by atoms with Gasteiger partial charge in [0.1, 0.15) is 0 Å². The average molecular weight is 384 g/mol. The van der Waals surface area contributed by atoms with Crippen molar-refractivity contribution in [3.8, 4) is 0 Å². The lowest BCUT2D eigenvalue weighted by Gasteiger charge is -2.50. The number of aryl methyl sites for hydroxylation is 1. The van der Waals surface area contributed by atoms with Crippen LogP contribution in [0.25, 0.3) is 0 Å². The van der Waals surface area contributed by atoms with Crippen LogP contribution in [0.4, 0.5) is 13.2 Å². The van der Waals surface area contributed by atoms with Gasteiger partial charge < -0.3 is 10.2 Å². The zero-order valence-electron chi connectivity index (χ0n) is 15.6. The van der Waals surface area contributed by atoms with Gasteiger partial charge in [0.2, 0.25) is 0 Å². The average Bonchev–Trinajstić information content (AvgIpc) is 2.75. The molecular formula is C21H27F3O3. The molecule has 1 fully saturated rings. The Morgan fingerprint density at radius 2 is 2.04 bits per heavy atom. The molecule has 1 aromatic rings. The van der Waals surface area contributed by atoms with Gasteiger partial charge in [-0.2, -0.15) is 13.2 Å². The summed E-state index contributed by atoms with van der Waals surface area (Å²) in [6, 6.07) is 5.29. The Morgan fingerprint density at radius 3 is 2.67 bits per heavy atom. The van der Waals surface area contributed by atoms with Crippen molar-refractivity contribution in [2.45, 2.75) is 81.9 Å². The predicted molar refractivity (Wildman–Crippen MR) is 95.9 cm³/mol. The molecular weight excluding hydrogens is 357 g/mol. The first kappa shape index (κ1) is 20.2. The number of rotatable bonds is 4. The molecule has 3 atom stereocenters. The van der Waals surface area contributed by atoms with E-state index in [-0.39, 0.29) is 23.3 Å². The molecule has 2 N–H and O–H groups in total. The van der Waals surface area contributed by atoms with Crippen LogP contribution in [0.5, 0.6) is 0 Å². The van der Waals surface area contributed by atoms with Crippen molar-refractivity contribution in [1.29, 1.82) is 0 Å². The lowest BCUT2D eigenvalue weighted by atomic mass is 9.56. The number of benzene rings is 1. The van der Waals surface area contributed by atoms with Crippen LogP contribution >= 0.6 is 0 Å². The van der Waals surface area contributed by atoms with Crippen LogP contribution in [0, 0.1) is 5.92 Å². The van der Waals surface area contributed by atoms with E-state index in [2.05, 4.69) is 6.92 Å². The first-order valence-corrected chi connectivity index (χ1v) is 9.74. The molecule has 0 saturated heterocycles. The summed E-state index contributed by atoms with van der Waals surface area (Å²) in [5.74, 6) is -0.833. The minimum absolute atomic E-state index is 0.117. The van der Waals surface area contributed by atoms with Crippen molar-refractivity contribution in [3.05, 3.63) is 34.9 Å². The molecule has 2 aliphatic carbocycles. The zero-order valence-corrected chi connectivity index (χ0v) is 15.6. The summed E-state index contributed by atoms with van der Waals surface area (Å²) in [4.78, 5) is 11.3. The lowest BCUT2D eigenvalue weighted by molar-refractivity contribution is -0.153. The first-order valence-electron chi connectivity index (χ1n) is 9.74. The Balaban J connectivity index is 1.91. The molecule has 6 heteroatoms. The van der Waals surface area contributed by atoms with Crippen LogP contribution in [-0.4, -0.2) is 28.0 Å². The fourth-order valence-corrected chi connectivity index (χ4v) is 5.36. The summed E-state index contributed by atoms with van der Waals surface area (Å²) in [6.45, 7) is 2.09. The second-order valence-electron chi connectivity index (χ2n) is 8.32. The van der Waals surface area contributed by atoms with Gasteiger partial charge in [-0.05, 0) is 86.0 Å². The molecule has 0 amide bonds. The summed E-state index contributed by atoms with van der Waals surface area (Å²) in [6.07, 6.45) is -0.741. The van der Waals surface area contributed by atoms with E-state index < -0.39 is 24.2 Å². The van der Waals surface area contributed by atoms with E-state index in [0.717, 1.165) is 36.8 Å². The van der Waals surface area contributed by atoms with Gasteiger partial charge in [0.25, 0.3) is 0 Å². The van der Waals surface area contributed by atoms with E-state index >= 15 is 0 Å². The number of halogens is 3. The Hall–Kier alpha value is -1.56. The topological polar surface area (TPSA) is 57.5 Å². The third-order valence-electron chi connectivity index (χ3n) is 6.84. The van der Waals surface area contributed by atoms with Gasteiger partial charge in [-0.3, -0.25) is 0 Å². The highest BCUT2D eigenvalue weighted by atomic mass is 19.4. The van der Waals surface area contributed by atoms with Crippen molar-refractivity contribution in [2.75, 3.05) is 0 Å². The van der Waals surface area contributed by atoms with E-state index in [1.54, 1.807) is 12.1 Å². The Bertz CT molecular complexity index is 715. The standard InChI is InChI=1S/C21H27F3O3/c1-2-20-10-8-19(27,9-11-21(22,23)24)13-16(20)5-3-4-14-12-15(18(25)26)6-7-17(14)20/h6-7,12,16,27H,2-5,8-11,13H2,1H3,(H,25,26)/t16-,19-,20+/m0/s1.